The quantitative estimate of drug-likeness (QED) is 0.312. The second kappa shape index (κ2) is 10.8. The fourth-order valence-electron chi connectivity index (χ4n) is 2.01. The third-order valence-electron chi connectivity index (χ3n) is 3.24. The highest BCUT2D eigenvalue weighted by molar-refractivity contribution is 14.0. The van der Waals surface area contributed by atoms with Crippen molar-refractivity contribution >= 4 is 29.9 Å². The molecule has 7 heteroatoms. The monoisotopic (exact) mass is 408 g/mol. The van der Waals surface area contributed by atoms with Gasteiger partial charge >= 0.3 is 0 Å². The van der Waals surface area contributed by atoms with Gasteiger partial charge in [0, 0.05) is 38.9 Å². The third kappa shape index (κ3) is 7.12. The lowest BCUT2D eigenvalue weighted by Crippen LogP contribution is -2.42. The smallest absolute Gasteiger partial charge is 0.191 e. The van der Waals surface area contributed by atoms with Gasteiger partial charge < -0.3 is 15.5 Å². The Morgan fingerprint density at radius 3 is 2.62 bits per heavy atom. The first-order valence-electron chi connectivity index (χ1n) is 7.18. The minimum absolute atomic E-state index is 0. The van der Waals surface area contributed by atoms with Crippen LogP contribution >= 0.6 is 24.0 Å². The van der Waals surface area contributed by atoms with Crippen molar-refractivity contribution in [3.8, 4) is 0 Å². The fourth-order valence-corrected chi connectivity index (χ4v) is 2.01. The molecule has 0 aliphatic heterocycles. The number of likely N-dealkylation sites (N-methyl/N-ethyl adjacent to an activating group) is 1. The Morgan fingerprint density at radius 1 is 1.43 bits per heavy atom. The summed E-state index contributed by atoms with van der Waals surface area (Å²) in [5.74, 6) is 0.856. The van der Waals surface area contributed by atoms with E-state index in [2.05, 4.69) is 52.8 Å². The van der Waals surface area contributed by atoms with Crippen LogP contribution in [0.1, 0.15) is 31.4 Å². The van der Waals surface area contributed by atoms with E-state index in [1.54, 1.807) is 7.05 Å². The number of unbranched alkanes of at least 4 members (excludes halogenated alkanes) is 1. The molecule has 1 rings (SSSR count). The molecule has 122 valence electrons. The van der Waals surface area contributed by atoms with Crippen molar-refractivity contribution in [2.24, 2.45) is 12.0 Å². The molecule has 0 aromatic carbocycles. The Hall–Kier alpha value is -0.830. The van der Waals surface area contributed by atoms with Crippen LogP contribution in [-0.2, 0) is 7.05 Å². The first-order valence-corrected chi connectivity index (χ1v) is 7.18. The van der Waals surface area contributed by atoms with Crippen molar-refractivity contribution < 1.29 is 0 Å². The molecule has 0 radical (unpaired) electrons. The SMILES string of the molecule is CCCCNC(=NC)NCC(c1cnn(C)c1)N(C)C.I. The predicted molar refractivity (Wildman–Crippen MR) is 99.3 cm³/mol. The number of nitrogens with one attached hydrogen (secondary N) is 2. The number of nitrogens with zero attached hydrogens (tertiary/aromatic N) is 4. The molecule has 1 unspecified atom stereocenters. The summed E-state index contributed by atoms with van der Waals surface area (Å²) in [5.41, 5.74) is 1.20. The van der Waals surface area contributed by atoms with Crippen LogP contribution in [0.4, 0.5) is 0 Å². The zero-order valence-corrected chi connectivity index (χ0v) is 16.1. The van der Waals surface area contributed by atoms with Gasteiger partial charge in [-0.05, 0) is 20.5 Å². The lowest BCUT2D eigenvalue weighted by Gasteiger charge is -2.24. The topological polar surface area (TPSA) is 57.5 Å². The highest BCUT2D eigenvalue weighted by atomic mass is 127. The van der Waals surface area contributed by atoms with Crippen molar-refractivity contribution in [3.05, 3.63) is 18.0 Å². The normalized spacial score (nSPS) is 13.0. The van der Waals surface area contributed by atoms with Crippen LogP contribution in [0.15, 0.2) is 17.4 Å². The van der Waals surface area contributed by atoms with Crippen LogP contribution in [0.5, 0.6) is 0 Å². The summed E-state index contributed by atoms with van der Waals surface area (Å²) in [4.78, 5) is 6.43. The molecule has 0 saturated heterocycles. The molecule has 0 saturated carbocycles. The molecule has 0 fully saturated rings. The van der Waals surface area contributed by atoms with Crippen LogP contribution < -0.4 is 10.6 Å². The second-order valence-corrected chi connectivity index (χ2v) is 5.16. The van der Waals surface area contributed by atoms with E-state index in [1.165, 1.54) is 12.0 Å². The molecule has 0 aliphatic rings. The van der Waals surface area contributed by atoms with Gasteiger partial charge in [-0.3, -0.25) is 9.67 Å². The second-order valence-electron chi connectivity index (χ2n) is 5.16. The lowest BCUT2D eigenvalue weighted by atomic mass is 10.1. The zero-order chi connectivity index (χ0) is 15.0. The average molecular weight is 408 g/mol. The van der Waals surface area contributed by atoms with Crippen molar-refractivity contribution in [3.63, 3.8) is 0 Å². The molecule has 0 bridgehead atoms. The Balaban J connectivity index is 0.00000400. The van der Waals surface area contributed by atoms with Crippen LogP contribution in [0, 0.1) is 0 Å². The average Bonchev–Trinajstić information content (AvgIpc) is 2.83. The van der Waals surface area contributed by atoms with Crippen molar-refractivity contribution in [2.45, 2.75) is 25.8 Å². The van der Waals surface area contributed by atoms with E-state index in [1.807, 2.05) is 17.9 Å². The molecule has 0 aliphatic carbocycles. The van der Waals surface area contributed by atoms with E-state index in [4.69, 9.17) is 0 Å². The van der Waals surface area contributed by atoms with Gasteiger partial charge in [-0.15, -0.1) is 24.0 Å². The Bertz CT molecular complexity index is 415. The van der Waals surface area contributed by atoms with Crippen LogP contribution in [0.2, 0.25) is 0 Å². The van der Waals surface area contributed by atoms with Gasteiger partial charge in [0.2, 0.25) is 0 Å². The summed E-state index contributed by atoms with van der Waals surface area (Å²) >= 11 is 0. The first-order chi connectivity index (χ1) is 9.58. The number of aryl methyl sites for hydroxylation is 1. The van der Waals surface area contributed by atoms with Gasteiger partial charge in [0.1, 0.15) is 0 Å². The molecule has 2 N–H and O–H groups in total. The van der Waals surface area contributed by atoms with Crippen molar-refractivity contribution in [1.29, 1.82) is 0 Å². The third-order valence-corrected chi connectivity index (χ3v) is 3.24. The van der Waals surface area contributed by atoms with E-state index >= 15 is 0 Å². The summed E-state index contributed by atoms with van der Waals surface area (Å²) in [6.07, 6.45) is 6.31. The Morgan fingerprint density at radius 2 is 2.14 bits per heavy atom. The molecule has 1 heterocycles. The number of guanidine groups is 1. The number of aromatic nitrogens is 2. The predicted octanol–water partition coefficient (Wildman–Crippen LogP) is 1.61. The fraction of sp³-hybridized carbons (Fsp3) is 0.714. The van der Waals surface area contributed by atoms with Crippen molar-refractivity contribution in [2.75, 3.05) is 34.2 Å². The molecular weight excluding hydrogens is 379 g/mol. The highest BCUT2D eigenvalue weighted by Gasteiger charge is 2.16. The van der Waals surface area contributed by atoms with Gasteiger partial charge in [-0.1, -0.05) is 13.3 Å². The summed E-state index contributed by atoms with van der Waals surface area (Å²) in [5, 5.41) is 10.9. The van der Waals surface area contributed by atoms with Crippen LogP contribution in [0.25, 0.3) is 0 Å². The van der Waals surface area contributed by atoms with Gasteiger partial charge in [-0.25, -0.2) is 0 Å². The standard InChI is InChI=1S/C14H28N6.HI/c1-6-7-8-16-14(15-2)17-10-13(19(3)4)12-9-18-20(5)11-12;/h9,11,13H,6-8,10H2,1-5H3,(H2,15,16,17);1H. The van der Waals surface area contributed by atoms with E-state index in [-0.39, 0.29) is 30.0 Å². The molecule has 0 spiro atoms. The van der Waals surface area contributed by atoms with Crippen molar-refractivity contribution in [1.82, 2.24) is 25.3 Å². The van der Waals surface area contributed by atoms with Gasteiger partial charge in [0.25, 0.3) is 0 Å². The number of halogens is 1. The minimum Gasteiger partial charge on any atom is -0.356 e. The maximum absolute atomic E-state index is 4.25. The van der Waals surface area contributed by atoms with E-state index in [0.717, 1.165) is 25.5 Å². The van der Waals surface area contributed by atoms with Gasteiger partial charge in [0.05, 0.1) is 12.2 Å². The number of rotatable bonds is 7. The number of aliphatic imine (C=N–C) groups is 1. The minimum atomic E-state index is 0. The summed E-state index contributed by atoms with van der Waals surface area (Å²) in [6, 6.07) is 0.272. The molecule has 6 nitrogen and oxygen atoms in total. The summed E-state index contributed by atoms with van der Waals surface area (Å²) in [6.45, 7) is 3.93. The van der Waals surface area contributed by atoms with Gasteiger partial charge in [0.15, 0.2) is 5.96 Å². The Labute approximate surface area is 145 Å². The molecular formula is C14H29IN6. The van der Waals surface area contributed by atoms with Gasteiger partial charge in [-0.2, -0.15) is 5.10 Å². The van der Waals surface area contributed by atoms with E-state index < -0.39 is 0 Å². The number of hydrogen-bond acceptors (Lipinski definition) is 3. The van der Waals surface area contributed by atoms with Crippen LogP contribution in [0.3, 0.4) is 0 Å². The largest absolute Gasteiger partial charge is 0.356 e. The summed E-state index contributed by atoms with van der Waals surface area (Å²) in [7, 11) is 7.89. The lowest BCUT2D eigenvalue weighted by molar-refractivity contribution is 0.298. The van der Waals surface area contributed by atoms with E-state index in [0.29, 0.717) is 0 Å². The number of hydrogen-bond donors (Lipinski definition) is 2. The first kappa shape index (κ1) is 20.2. The Kier molecular flexibility index (Phi) is 10.4. The zero-order valence-electron chi connectivity index (χ0n) is 13.8. The molecule has 21 heavy (non-hydrogen) atoms. The van der Waals surface area contributed by atoms with E-state index in [9.17, 15) is 0 Å². The highest BCUT2D eigenvalue weighted by Crippen LogP contribution is 2.15. The molecule has 1 atom stereocenters. The molecule has 0 amide bonds. The summed E-state index contributed by atoms with van der Waals surface area (Å²) < 4.78 is 1.83. The maximum atomic E-state index is 4.25. The van der Waals surface area contributed by atoms with Crippen LogP contribution in [-0.4, -0.2) is 54.9 Å². The molecule has 1 aromatic heterocycles. The maximum Gasteiger partial charge on any atom is 0.191 e. The molecule has 1 aromatic rings.